The fourth-order valence-electron chi connectivity index (χ4n) is 1.88. The molecule has 19 heavy (non-hydrogen) atoms. The van der Waals surface area contributed by atoms with Crippen LogP contribution in [0.15, 0.2) is 54.6 Å². The van der Waals surface area contributed by atoms with Gasteiger partial charge in [-0.25, -0.2) is 4.98 Å². The number of benzene rings is 2. The van der Waals surface area contributed by atoms with Crippen LogP contribution in [0.5, 0.6) is 11.6 Å². The van der Waals surface area contributed by atoms with Gasteiger partial charge in [0, 0.05) is 21.9 Å². The molecule has 0 spiro atoms. The molecule has 0 amide bonds. The van der Waals surface area contributed by atoms with Crippen LogP contribution in [0.1, 0.15) is 0 Å². The van der Waals surface area contributed by atoms with Gasteiger partial charge in [0.1, 0.15) is 10.9 Å². The van der Waals surface area contributed by atoms with Gasteiger partial charge in [-0.3, -0.25) is 0 Å². The predicted molar refractivity (Wildman–Crippen MR) is 78.3 cm³/mol. The topological polar surface area (TPSA) is 22.1 Å². The maximum atomic E-state index is 6.16. The second-order valence-corrected chi connectivity index (χ2v) is 4.79. The smallest absolute Gasteiger partial charge is 0.220 e. The van der Waals surface area contributed by atoms with Crippen LogP contribution < -0.4 is 4.74 Å². The SMILES string of the molecule is Clc1cccc(Oc2ccc(Cl)c3ccccc23)n1. The zero-order chi connectivity index (χ0) is 13.2. The van der Waals surface area contributed by atoms with Crippen molar-refractivity contribution in [2.45, 2.75) is 0 Å². The standard InChI is InChI=1S/C15H9Cl2NO/c16-12-8-9-13(11-5-2-1-4-10(11)12)19-15-7-3-6-14(17)18-15/h1-9H. The quantitative estimate of drug-likeness (QED) is 0.595. The molecular formula is C15H9Cl2NO. The van der Waals surface area contributed by atoms with Crippen LogP contribution in [-0.2, 0) is 0 Å². The first-order chi connectivity index (χ1) is 9.24. The maximum absolute atomic E-state index is 6.16. The Morgan fingerprint density at radius 2 is 1.58 bits per heavy atom. The molecule has 0 radical (unpaired) electrons. The summed E-state index contributed by atoms with van der Waals surface area (Å²) in [5.74, 6) is 1.16. The molecule has 0 saturated heterocycles. The molecule has 0 aliphatic heterocycles. The molecule has 3 aromatic rings. The predicted octanol–water partition coefficient (Wildman–Crippen LogP) is 5.33. The monoisotopic (exact) mass is 289 g/mol. The van der Waals surface area contributed by atoms with E-state index in [1.54, 1.807) is 18.2 Å². The Morgan fingerprint density at radius 3 is 2.37 bits per heavy atom. The highest BCUT2D eigenvalue weighted by Gasteiger charge is 2.07. The van der Waals surface area contributed by atoms with Gasteiger partial charge in [0.15, 0.2) is 0 Å². The molecule has 0 bridgehead atoms. The second-order valence-electron chi connectivity index (χ2n) is 3.99. The van der Waals surface area contributed by atoms with Crippen LogP contribution in [0.2, 0.25) is 10.2 Å². The summed E-state index contributed by atoms with van der Waals surface area (Å²) < 4.78 is 5.77. The molecular weight excluding hydrogens is 281 g/mol. The van der Waals surface area contributed by atoms with Crippen LogP contribution in [-0.4, -0.2) is 4.98 Å². The van der Waals surface area contributed by atoms with Gasteiger partial charge in [0.25, 0.3) is 0 Å². The summed E-state index contributed by atoms with van der Waals surface area (Å²) in [7, 11) is 0. The fourth-order valence-corrected chi connectivity index (χ4v) is 2.27. The van der Waals surface area contributed by atoms with Crippen molar-refractivity contribution in [2.24, 2.45) is 0 Å². The van der Waals surface area contributed by atoms with Crippen LogP contribution in [0.25, 0.3) is 10.8 Å². The summed E-state index contributed by atoms with van der Waals surface area (Å²) in [4.78, 5) is 4.11. The highest BCUT2D eigenvalue weighted by Crippen LogP contribution is 2.33. The van der Waals surface area contributed by atoms with Gasteiger partial charge in [-0.1, -0.05) is 53.5 Å². The Labute approximate surface area is 120 Å². The largest absolute Gasteiger partial charge is 0.438 e. The van der Waals surface area contributed by atoms with Gasteiger partial charge >= 0.3 is 0 Å². The van der Waals surface area contributed by atoms with Gasteiger partial charge in [-0.2, -0.15) is 0 Å². The fraction of sp³-hybridized carbons (Fsp3) is 0. The van der Waals surface area contributed by atoms with E-state index in [0.29, 0.717) is 21.8 Å². The van der Waals surface area contributed by atoms with E-state index in [-0.39, 0.29) is 0 Å². The molecule has 0 fully saturated rings. The Hall–Kier alpha value is -1.77. The molecule has 0 atom stereocenters. The molecule has 0 saturated carbocycles. The lowest BCUT2D eigenvalue weighted by atomic mass is 10.1. The summed E-state index contributed by atoms with van der Waals surface area (Å²) in [6, 6.07) is 16.7. The average Bonchev–Trinajstić information content (AvgIpc) is 2.42. The van der Waals surface area contributed by atoms with E-state index in [1.165, 1.54) is 0 Å². The molecule has 3 rings (SSSR count). The van der Waals surface area contributed by atoms with Crippen LogP contribution >= 0.6 is 23.2 Å². The summed E-state index contributed by atoms with van der Waals surface area (Å²) in [5.41, 5.74) is 0. The minimum absolute atomic E-state index is 0.399. The van der Waals surface area contributed by atoms with Crippen LogP contribution in [0, 0.1) is 0 Å². The van der Waals surface area contributed by atoms with Gasteiger partial charge in [-0.05, 0) is 18.2 Å². The second kappa shape index (κ2) is 5.08. The lowest BCUT2D eigenvalue weighted by molar-refractivity contribution is 0.468. The molecule has 0 unspecified atom stereocenters. The first-order valence-electron chi connectivity index (χ1n) is 5.72. The Morgan fingerprint density at radius 1 is 0.789 bits per heavy atom. The number of halogens is 2. The third-order valence-electron chi connectivity index (χ3n) is 2.73. The third-order valence-corrected chi connectivity index (χ3v) is 3.28. The number of nitrogens with zero attached hydrogens (tertiary/aromatic N) is 1. The van der Waals surface area contributed by atoms with E-state index in [2.05, 4.69) is 4.98 Å². The van der Waals surface area contributed by atoms with Crippen LogP contribution in [0.3, 0.4) is 0 Å². The van der Waals surface area contributed by atoms with Gasteiger partial charge in [0.2, 0.25) is 5.88 Å². The number of hydrogen-bond acceptors (Lipinski definition) is 2. The Bertz CT molecular complexity index is 743. The van der Waals surface area contributed by atoms with Crippen molar-refractivity contribution < 1.29 is 4.74 Å². The van der Waals surface area contributed by atoms with Crippen molar-refractivity contribution in [3.05, 3.63) is 64.8 Å². The molecule has 2 aromatic carbocycles. The Kier molecular flexibility index (Phi) is 3.28. The number of ether oxygens (including phenoxy) is 1. The van der Waals surface area contributed by atoms with Crippen molar-refractivity contribution in [3.63, 3.8) is 0 Å². The van der Waals surface area contributed by atoms with Crippen molar-refractivity contribution >= 4 is 34.0 Å². The molecule has 0 N–H and O–H groups in total. The van der Waals surface area contributed by atoms with Gasteiger partial charge < -0.3 is 4.74 Å². The summed E-state index contributed by atoms with van der Waals surface area (Å²) in [5, 5.41) is 2.98. The van der Waals surface area contributed by atoms with Gasteiger partial charge in [-0.15, -0.1) is 0 Å². The van der Waals surface area contributed by atoms with Crippen molar-refractivity contribution in [1.82, 2.24) is 4.98 Å². The molecule has 1 aromatic heterocycles. The lowest BCUT2D eigenvalue weighted by Gasteiger charge is -2.09. The minimum atomic E-state index is 0.399. The summed E-state index contributed by atoms with van der Waals surface area (Å²) >= 11 is 12.0. The molecule has 94 valence electrons. The lowest BCUT2D eigenvalue weighted by Crippen LogP contribution is -1.89. The number of hydrogen-bond donors (Lipinski definition) is 0. The average molecular weight is 290 g/mol. The van der Waals surface area contributed by atoms with E-state index >= 15 is 0 Å². The number of rotatable bonds is 2. The van der Waals surface area contributed by atoms with Crippen molar-refractivity contribution in [2.75, 3.05) is 0 Å². The first kappa shape index (κ1) is 12.3. The van der Waals surface area contributed by atoms with Crippen molar-refractivity contribution in [3.8, 4) is 11.6 Å². The van der Waals surface area contributed by atoms with Crippen LogP contribution in [0.4, 0.5) is 0 Å². The summed E-state index contributed by atoms with van der Waals surface area (Å²) in [6.07, 6.45) is 0. The Balaban J connectivity index is 2.09. The van der Waals surface area contributed by atoms with E-state index in [0.717, 1.165) is 10.8 Å². The third kappa shape index (κ3) is 2.50. The highest BCUT2D eigenvalue weighted by molar-refractivity contribution is 6.35. The first-order valence-corrected chi connectivity index (χ1v) is 6.47. The van der Waals surface area contributed by atoms with E-state index in [9.17, 15) is 0 Å². The number of pyridine rings is 1. The normalized spacial score (nSPS) is 10.6. The number of fused-ring (bicyclic) bond motifs is 1. The maximum Gasteiger partial charge on any atom is 0.220 e. The minimum Gasteiger partial charge on any atom is -0.438 e. The summed E-state index contributed by atoms with van der Waals surface area (Å²) in [6.45, 7) is 0. The number of aromatic nitrogens is 1. The van der Waals surface area contributed by atoms with Crippen molar-refractivity contribution in [1.29, 1.82) is 0 Å². The molecule has 4 heteroatoms. The molecule has 2 nitrogen and oxygen atoms in total. The molecule has 0 aliphatic rings. The molecule has 0 aliphatic carbocycles. The van der Waals surface area contributed by atoms with Gasteiger partial charge in [0.05, 0.1) is 0 Å². The van der Waals surface area contributed by atoms with E-state index in [1.807, 2.05) is 36.4 Å². The highest BCUT2D eigenvalue weighted by atomic mass is 35.5. The zero-order valence-corrected chi connectivity index (χ0v) is 11.3. The zero-order valence-electron chi connectivity index (χ0n) is 9.81. The molecule has 1 heterocycles. The van der Waals surface area contributed by atoms with E-state index < -0.39 is 0 Å². The van der Waals surface area contributed by atoms with E-state index in [4.69, 9.17) is 27.9 Å².